The third-order valence-corrected chi connectivity index (χ3v) is 4.87. The number of hydrazine groups is 1. The van der Waals surface area contributed by atoms with Crippen LogP contribution in [0.2, 0.25) is 0 Å². The third-order valence-electron chi connectivity index (χ3n) is 3.15. The Balaban J connectivity index is 2.31. The van der Waals surface area contributed by atoms with Crippen molar-refractivity contribution >= 4 is 15.7 Å². The van der Waals surface area contributed by atoms with Crippen LogP contribution in [0.3, 0.4) is 0 Å². The summed E-state index contributed by atoms with van der Waals surface area (Å²) in [5.41, 5.74) is 4.82. The third kappa shape index (κ3) is 1.42. The van der Waals surface area contributed by atoms with E-state index in [0.29, 0.717) is 6.42 Å². The Labute approximate surface area is 83.1 Å². The van der Waals surface area contributed by atoms with Gasteiger partial charge in [-0.3, -0.25) is 10.2 Å². The molecule has 0 bridgehead atoms. The number of hydrogen-bond donors (Lipinski definition) is 2. The Kier molecular flexibility index (Phi) is 2.08. The number of sulfone groups is 1. The second kappa shape index (κ2) is 2.93. The Bertz CT molecular complexity index is 365. The predicted octanol–water partition coefficient (Wildman–Crippen LogP) is -0.653. The first-order chi connectivity index (χ1) is 6.44. The molecule has 2 aliphatic rings. The van der Waals surface area contributed by atoms with Crippen LogP contribution < -0.4 is 10.9 Å². The highest BCUT2D eigenvalue weighted by Gasteiger charge is 2.52. The van der Waals surface area contributed by atoms with Crippen molar-refractivity contribution in [2.45, 2.75) is 36.5 Å². The van der Waals surface area contributed by atoms with Gasteiger partial charge in [0.05, 0.1) is 10.8 Å². The molecule has 5 nitrogen and oxygen atoms in total. The fourth-order valence-electron chi connectivity index (χ4n) is 2.58. The zero-order valence-electron chi connectivity index (χ0n) is 8.04. The predicted molar refractivity (Wildman–Crippen MR) is 51.1 cm³/mol. The van der Waals surface area contributed by atoms with Gasteiger partial charge in [-0.05, 0) is 12.8 Å². The molecule has 1 aliphatic heterocycles. The van der Waals surface area contributed by atoms with E-state index in [2.05, 4.69) is 10.9 Å². The summed E-state index contributed by atoms with van der Waals surface area (Å²) in [6, 6.07) is 0. The molecule has 2 unspecified atom stereocenters. The van der Waals surface area contributed by atoms with E-state index in [-0.39, 0.29) is 12.3 Å². The van der Waals surface area contributed by atoms with Crippen LogP contribution in [0, 0.1) is 0 Å². The average Bonchev–Trinajstić information content (AvgIpc) is 2.59. The highest BCUT2D eigenvalue weighted by molar-refractivity contribution is 7.91. The van der Waals surface area contributed by atoms with Crippen molar-refractivity contribution in [3.05, 3.63) is 0 Å². The summed E-state index contributed by atoms with van der Waals surface area (Å²) in [6.45, 7) is 0. The van der Waals surface area contributed by atoms with Crippen LogP contribution >= 0.6 is 0 Å². The van der Waals surface area contributed by atoms with Crippen molar-refractivity contribution in [1.82, 2.24) is 10.9 Å². The summed E-state index contributed by atoms with van der Waals surface area (Å²) in [4.78, 5) is 11.1. The number of rotatable bonds is 1. The maximum atomic E-state index is 11.5. The normalized spacial score (nSPS) is 37.8. The van der Waals surface area contributed by atoms with Gasteiger partial charge in [-0.15, -0.1) is 0 Å². The summed E-state index contributed by atoms with van der Waals surface area (Å²) in [5.74, 6) is -0.111. The largest absolute Gasteiger partial charge is 0.291 e. The van der Waals surface area contributed by atoms with Crippen LogP contribution in [0.4, 0.5) is 0 Å². The second-order valence-electron chi connectivity index (χ2n) is 4.22. The minimum Gasteiger partial charge on any atom is -0.291 e. The summed E-state index contributed by atoms with van der Waals surface area (Å²) in [5, 5.41) is -0.422. The van der Waals surface area contributed by atoms with E-state index in [9.17, 15) is 13.2 Å². The first-order valence-electron chi connectivity index (χ1n) is 4.69. The van der Waals surface area contributed by atoms with Gasteiger partial charge in [0.25, 0.3) is 0 Å². The molecule has 1 spiro atoms. The minimum atomic E-state index is -3.07. The molecule has 2 fully saturated rings. The van der Waals surface area contributed by atoms with Crippen LogP contribution in [0.15, 0.2) is 0 Å². The van der Waals surface area contributed by atoms with Gasteiger partial charge in [0.2, 0.25) is 5.91 Å². The second-order valence-corrected chi connectivity index (χ2v) is 6.44. The van der Waals surface area contributed by atoms with E-state index >= 15 is 0 Å². The fourth-order valence-corrected chi connectivity index (χ4v) is 4.25. The van der Waals surface area contributed by atoms with E-state index in [1.54, 1.807) is 0 Å². The van der Waals surface area contributed by atoms with Gasteiger partial charge < -0.3 is 0 Å². The zero-order chi connectivity index (χ0) is 10.4. The van der Waals surface area contributed by atoms with Gasteiger partial charge in [-0.2, -0.15) is 0 Å². The lowest BCUT2D eigenvalue weighted by Gasteiger charge is -2.27. The van der Waals surface area contributed by atoms with E-state index in [0.717, 1.165) is 12.8 Å². The molecule has 1 saturated carbocycles. The number of carbonyl (C=O) groups is 1. The standard InChI is InChI=1S/C8H14N2O3S/c1-14(12,13)6-3-2-4-8(6)5-7(11)9-10-8/h6,10H,2-5H2,1H3,(H,9,11). The van der Waals surface area contributed by atoms with Crippen LogP contribution in [0.5, 0.6) is 0 Å². The molecule has 2 N–H and O–H groups in total. The number of hydrogen-bond acceptors (Lipinski definition) is 4. The molecule has 0 aromatic carbocycles. The molecule has 1 heterocycles. The molecule has 6 heteroatoms. The number of nitrogens with one attached hydrogen (secondary N) is 2. The minimum absolute atomic E-state index is 0.111. The molecule has 80 valence electrons. The lowest BCUT2D eigenvalue weighted by Crippen LogP contribution is -2.52. The molecule has 0 aromatic heterocycles. The Morgan fingerprint density at radius 1 is 1.50 bits per heavy atom. The zero-order valence-corrected chi connectivity index (χ0v) is 8.86. The smallest absolute Gasteiger partial charge is 0.236 e. The van der Waals surface area contributed by atoms with Crippen molar-refractivity contribution in [2.75, 3.05) is 6.26 Å². The summed E-state index contributed by atoms with van der Waals surface area (Å²) < 4.78 is 23.0. The molecular weight excluding hydrogens is 204 g/mol. The Morgan fingerprint density at radius 2 is 2.21 bits per heavy atom. The van der Waals surface area contributed by atoms with Gasteiger partial charge in [-0.25, -0.2) is 13.8 Å². The molecular formula is C8H14N2O3S. The molecule has 1 saturated heterocycles. The van der Waals surface area contributed by atoms with Gasteiger partial charge in [0.1, 0.15) is 0 Å². The quantitative estimate of drug-likeness (QED) is 0.613. The van der Waals surface area contributed by atoms with Crippen molar-refractivity contribution in [1.29, 1.82) is 0 Å². The summed E-state index contributed by atoms with van der Waals surface area (Å²) >= 11 is 0. The summed E-state index contributed by atoms with van der Waals surface area (Å²) in [6.07, 6.45) is 3.80. The topological polar surface area (TPSA) is 75.3 Å². The van der Waals surface area contributed by atoms with Crippen molar-refractivity contribution in [3.63, 3.8) is 0 Å². The molecule has 14 heavy (non-hydrogen) atoms. The highest BCUT2D eigenvalue weighted by atomic mass is 32.2. The summed E-state index contributed by atoms with van der Waals surface area (Å²) in [7, 11) is -3.07. The fraction of sp³-hybridized carbons (Fsp3) is 0.875. The van der Waals surface area contributed by atoms with E-state index < -0.39 is 20.6 Å². The van der Waals surface area contributed by atoms with Crippen molar-refractivity contribution in [3.8, 4) is 0 Å². The van der Waals surface area contributed by atoms with E-state index in [4.69, 9.17) is 0 Å². The molecule has 0 aromatic rings. The molecule has 1 amide bonds. The van der Waals surface area contributed by atoms with Gasteiger partial charge in [-0.1, -0.05) is 6.42 Å². The lowest BCUT2D eigenvalue weighted by molar-refractivity contribution is -0.119. The SMILES string of the molecule is CS(=O)(=O)C1CCCC12CC(=O)NN2. The maximum absolute atomic E-state index is 11.5. The Morgan fingerprint density at radius 3 is 2.71 bits per heavy atom. The first-order valence-corrected chi connectivity index (χ1v) is 6.64. The maximum Gasteiger partial charge on any atom is 0.236 e. The molecule has 2 rings (SSSR count). The van der Waals surface area contributed by atoms with Crippen LogP contribution in [-0.4, -0.2) is 31.4 Å². The van der Waals surface area contributed by atoms with E-state index in [1.807, 2.05) is 0 Å². The van der Waals surface area contributed by atoms with Gasteiger partial charge in [0.15, 0.2) is 9.84 Å². The van der Waals surface area contributed by atoms with Gasteiger partial charge in [0, 0.05) is 12.7 Å². The highest BCUT2D eigenvalue weighted by Crippen LogP contribution is 2.38. The van der Waals surface area contributed by atoms with Crippen molar-refractivity contribution in [2.24, 2.45) is 0 Å². The molecule has 1 aliphatic carbocycles. The van der Waals surface area contributed by atoms with Crippen LogP contribution in [0.1, 0.15) is 25.7 Å². The van der Waals surface area contributed by atoms with E-state index in [1.165, 1.54) is 6.26 Å². The molecule has 2 atom stereocenters. The number of amides is 1. The van der Waals surface area contributed by atoms with Crippen LogP contribution in [0.25, 0.3) is 0 Å². The lowest BCUT2D eigenvalue weighted by atomic mass is 9.95. The van der Waals surface area contributed by atoms with Crippen molar-refractivity contribution < 1.29 is 13.2 Å². The number of carbonyl (C=O) groups excluding carboxylic acids is 1. The molecule has 0 radical (unpaired) electrons. The Hall–Kier alpha value is -0.620. The van der Waals surface area contributed by atoms with Crippen LogP contribution in [-0.2, 0) is 14.6 Å². The van der Waals surface area contributed by atoms with Gasteiger partial charge >= 0.3 is 0 Å². The monoisotopic (exact) mass is 218 g/mol. The average molecular weight is 218 g/mol. The first kappa shape index (κ1) is 9.92.